The summed E-state index contributed by atoms with van der Waals surface area (Å²) in [4.78, 5) is 36.4. The molecular formula is C25H42N6O2. The van der Waals surface area contributed by atoms with E-state index in [1.54, 1.807) is 0 Å². The van der Waals surface area contributed by atoms with E-state index in [0.29, 0.717) is 19.6 Å². The lowest BCUT2D eigenvalue weighted by molar-refractivity contribution is -0.126. The van der Waals surface area contributed by atoms with Gasteiger partial charge in [-0.05, 0) is 64.2 Å². The van der Waals surface area contributed by atoms with E-state index in [1.165, 1.54) is 19.3 Å². The first-order valence-electron chi connectivity index (χ1n) is 12.8. The second-order valence-corrected chi connectivity index (χ2v) is 9.13. The lowest BCUT2D eigenvalue weighted by Gasteiger charge is -2.32. The largest absolute Gasteiger partial charge is 0.356 e. The molecule has 0 spiro atoms. The Bertz CT molecular complexity index is 740. The topological polar surface area (TPSA) is 80.8 Å². The van der Waals surface area contributed by atoms with Crippen LogP contribution in [0.25, 0.3) is 0 Å². The number of nitrogens with zero attached hydrogens (tertiary/aromatic N) is 4. The molecule has 0 saturated carbocycles. The third kappa shape index (κ3) is 7.59. The third-order valence-corrected chi connectivity index (χ3v) is 6.95. The SMILES string of the molecule is CCN(CC)CCCNC(=O)C1CCN(C(=O)NCc2cccnc2N2CCCCC2)CC1. The van der Waals surface area contributed by atoms with Crippen molar-refractivity contribution in [1.82, 2.24) is 25.4 Å². The van der Waals surface area contributed by atoms with Crippen LogP contribution in [0.4, 0.5) is 10.6 Å². The quantitative estimate of drug-likeness (QED) is 0.527. The van der Waals surface area contributed by atoms with Crippen molar-refractivity contribution >= 4 is 17.8 Å². The fraction of sp³-hybridized carbons (Fsp3) is 0.720. The average molecular weight is 459 g/mol. The van der Waals surface area contributed by atoms with E-state index in [4.69, 9.17) is 0 Å². The highest BCUT2D eigenvalue weighted by molar-refractivity contribution is 5.79. The standard InChI is InChI=1S/C25H42N6O2/c1-3-29(4-2)15-9-14-27-24(32)21-11-18-31(19-12-21)25(33)28-20-22-10-8-13-26-23(22)30-16-6-5-7-17-30/h8,10,13,21H,3-7,9,11-12,14-20H2,1-2H3,(H,27,32)(H,28,33). The van der Waals surface area contributed by atoms with Gasteiger partial charge in [-0.15, -0.1) is 0 Å². The number of anilines is 1. The van der Waals surface area contributed by atoms with E-state index >= 15 is 0 Å². The molecule has 1 aromatic heterocycles. The number of hydrogen-bond donors (Lipinski definition) is 2. The summed E-state index contributed by atoms with van der Waals surface area (Å²) in [6.07, 6.45) is 7.92. The first kappa shape index (κ1) is 25.3. The molecule has 1 aromatic rings. The number of rotatable bonds is 10. The fourth-order valence-electron chi connectivity index (χ4n) is 4.78. The van der Waals surface area contributed by atoms with Crippen LogP contribution < -0.4 is 15.5 Å². The van der Waals surface area contributed by atoms with Gasteiger partial charge in [0, 0.05) is 56.9 Å². The molecule has 33 heavy (non-hydrogen) atoms. The van der Waals surface area contributed by atoms with Crippen molar-refractivity contribution in [3.05, 3.63) is 23.9 Å². The van der Waals surface area contributed by atoms with Crippen molar-refractivity contribution in [2.45, 2.75) is 58.9 Å². The molecule has 8 heteroatoms. The molecule has 184 valence electrons. The molecular weight excluding hydrogens is 416 g/mol. The van der Waals surface area contributed by atoms with Gasteiger partial charge >= 0.3 is 6.03 Å². The predicted molar refractivity (Wildman–Crippen MR) is 132 cm³/mol. The highest BCUT2D eigenvalue weighted by atomic mass is 16.2. The first-order valence-corrected chi connectivity index (χ1v) is 12.8. The normalized spacial score (nSPS) is 17.3. The number of pyridine rings is 1. The molecule has 2 saturated heterocycles. The molecule has 3 rings (SSSR count). The molecule has 2 fully saturated rings. The maximum atomic E-state index is 12.7. The summed E-state index contributed by atoms with van der Waals surface area (Å²) in [6.45, 7) is 11.9. The number of carbonyl (C=O) groups is 2. The van der Waals surface area contributed by atoms with Crippen LogP contribution in [-0.2, 0) is 11.3 Å². The van der Waals surface area contributed by atoms with Gasteiger partial charge in [0.2, 0.25) is 5.91 Å². The molecule has 2 aliphatic rings. The number of likely N-dealkylation sites (tertiary alicyclic amines) is 1. The Morgan fingerprint density at radius 1 is 1.06 bits per heavy atom. The molecule has 0 aromatic carbocycles. The molecule has 0 unspecified atom stereocenters. The molecule has 3 heterocycles. The fourth-order valence-corrected chi connectivity index (χ4v) is 4.78. The molecule has 0 aliphatic carbocycles. The third-order valence-electron chi connectivity index (χ3n) is 6.95. The minimum Gasteiger partial charge on any atom is -0.356 e. The number of urea groups is 1. The van der Waals surface area contributed by atoms with Gasteiger partial charge in [-0.2, -0.15) is 0 Å². The highest BCUT2D eigenvalue weighted by Gasteiger charge is 2.27. The van der Waals surface area contributed by atoms with Crippen LogP contribution in [0.2, 0.25) is 0 Å². The lowest BCUT2D eigenvalue weighted by Crippen LogP contribution is -2.47. The number of hydrogen-bond acceptors (Lipinski definition) is 5. The number of piperidine rings is 2. The van der Waals surface area contributed by atoms with Crippen LogP contribution in [0.3, 0.4) is 0 Å². The van der Waals surface area contributed by atoms with Gasteiger partial charge in [0.25, 0.3) is 0 Å². The van der Waals surface area contributed by atoms with Gasteiger partial charge in [-0.1, -0.05) is 19.9 Å². The Morgan fingerprint density at radius 3 is 2.48 bits per heavy atom. The van der Waals surface area contributed by atoms with E-state index < -0.39 is 0 Å². The maximum absolute atomic E-state index is 12.7. The number of amides is 3. The van der Waals surface area contributed by atoms with E-state index in [-0.39, 0.29) is 17.9 Å². The number of aromatic nitrogens is 1. The Balaban J connectivity index is 1.38. The Morgan fingerprint density at radius 2 is 1.79 bits per heavy atom. The van der Waals surface area contributed by atoms with Crippen LogP contribution >= 0.6 is 0 Å². The number of carbonyl (C=O) groups excluding carboxylic acids is 2. The second kappa shape index (κ2) is 13.4. The van der Waals surface area contributed by atoms with Crippen molar-refractivity contribution in [2.24, 2.45) is 5.92 Å². The lowest BCUT2D eigenvalue weighted by atomic mass is 9.96. The van der Waals surface area contributed by atoms with Crippen molar-refractivity contribution in [3.63, 3.8) is 0 Å². The monoisotopic (exact) mass is 458 g/mol. The van der Waals surface area contributed by atoms with Gasteiger partial charge < -0.3 is 25.3 Å². The van der Waals surface area contributed by atoms with Crippen molar-refractivity contribution in [3.8, 4) is 0 Å². The summed E-state index contributed by atoms with van der Waals surface area (Å²) in [5, 5.41) is 6.16. The summed E-state index contributed by atoms with van der Waals surface area (Å²) >= 11 is 0. The minimum absolute atomic E-state index is 0.00605. The van der Waals surface area contributed by atoms with Crippen LogP contribution in [0.15, 0.2) is 18.3 Å². The zero-order chi connectivity index (χ0) is 23.5. The smallest absolute Gasteiger partial charge is 0.317 e. The van der Waals surface area contributed by atoms with Gasteiger partial charge in [-0.25, -0.2) is 9.78 Å². The van der Waals surface area contributed by atoms with Gasteiger partial charge in [0.15, 0.2) is 0 Å². The number of nitrogens with one attached hydrogen (secondary N) is 2. The zero-order valence-electron chi connectivity index (χ0n) is 20.5. The molecule has 0 atom stereocenters. The average Bonchev–Trinajstić information content (AvgIpc) is 2.88. The van der Waals surface area contributed by atoms with Crippen LogP contribution in [0, 0.1) is 5.92 Å². The summed E-state index contributed by atoms with van der Waals surface area (Å²) in [5.74, 6) is 1.14. The van der Waals surface area contributed by atoms with Crippen molar-refractivity contribution in [1.29, 1.82) is 0 Å². The summed E-state index contributed by atoms with van der Waals surface area (Å²) < 4.78 is 0. The Kier molecular flexibility index (Phi) is 10.2. The van der Waals surface area contributed by atoms with Crippen LogP contribution in [0.1, 0.15) is 57.9 Å². The molecule has 0 radical (unpaired) electrons. The first-order chi connectivity index (χ1) is 16.1. The zero-order valence-corrected chi connectivity index (χ0v) is 20.5. The Labute approximate surface area is 199 Å². The summed E-state index contributed by atoms with van der Waals surface area (Å²) in [7, 11) is 0. The molecule has 0 bridgehead atoms. The van der Waals surface area contributed by atoms with Gasteiger partial charge in [0.1, 0.15) is 5.82 Å². The van der Waals surface area contributed by atoms with E-state index in [0.717, 1.165) is 69.9 Å². The van der Waals surface area contributed by atoms with E-state index in [9.17, 15) is 9.59 Å². The van der Waals surface area contributed by atoms with Crippen molar-refractivity contribution in [2.75, 3.05) is 57.3 Å². The molecule has 8 nitrogen and oxygen atoms in total. The second-order valence-electron chi connectivity index (χ2n) is 9.13. The van der Waals surface area contributed by atoms with Crippen LogP contribution in [-0.4, -0.2) is 79.1 Å². The van der Waals surface area contributed by atoms with Gasteiger partial charge in [0.05, 0.1) is 0 Å². The maximum Gasteiger partial charge on any atom is 0.317 e. The molecule has 2 aliphatic heterocycles. The molecule has 3 amide bonds. The summed E-state index contributed by atoms with van der Waals surface area (Å²) in [5.41, 5.74) is 1.06. The van der Waals surface area contributed by atoms with E-state index in [2.05, 4.69) is 39.3 Å². The minimum atomic E-state index is -0.0541. The van der Waals surface area contributed by atoms with Gasteiger partial charge in [-0.3, -0.25) is 4.79 Å². The van der Waals surface area contributed by atoms with Crippen molar-refractivity contribution < 1.29 is 9.59 Å². The molecule has 2 N–H and O–H groups in total. The Hall–Kier alpha value is -2.35. The highest BCUT2D eigenvalue weighted by Crippen LogP contribution is 2.22. The predicted octanol–water partition coefficient (Wildman–Crippen LogP) is 2.84. The van der Waals surface area contributed by atoms with E-state index in [1.807, 2.05) is 23.2 Å². The summed E-state index contributed by atoms with van der Waals surface area (Å²) in [6, 6.07) is 3.93. The van der Waals surface area contributed by atoms with Crippen LogP contribution in [0.5, 0.6) is 0 Å².